The minimum atomic E-state index is -0.896. The Hall–Kier alpha value is -0.400. The first-order chi connectivity index (χ1) is 8.15. The van der Waals surface area contributed by atoms with Crippen LogP contribution in [0.15, 0.2) is 0 Å². The third-order valence-corrected chi connectivity index (χ3v) is 5.39. The maximum atomic E-state index is 12.3. The van der Waals surface area contributed by atoms with Crippen LogP contribution in [0.2, 0.25) is 0 Å². The second kappa shape index (κ2) is 5.49. The van der Waals surface area contributed by atoms with Crippen LogP contribution in [0.1, 0.15) is 13.3 Å². The lowest BCUT2D eigenvalue weighted by Gasteiger charge is -2.29. The average molecular weight is 276 g/mol. The Morgan fingerprint density at radius 3 is 2.76 bits per heavy atom. The molecule has 2 N–H and O–H groups in total. The van der Waals surface area contributed by atoms with Crippen LogP contribution in [0.3, 0.4) is 0 Å². The molecular weight excluding hydrogens is 260 g/mol. The van der Waals surface area contributed by atoms with Gasteiger partial charge in [0, 0.05) is 17.4 Å². The SMILES string of the molecule is CCC1SCC(C(=O)O)N1C(=O)C1CSCN1. The lowest BCUT2D eigenvalue weighted by atomic mass is 10.2. The van der Waals surface area contributed by atoms with Crippen LogP contribution < -0.4 is 5.32 Å². The van der Waals surface area contributed by atoms with Crippen LogP contribution in [0.25, 0.3) is 0 Å². The van der Waals surface area contributed by atoms with Crippen LogP contribution >= 0.6 is 23.5 Å². The van der Waals surface area contributed by atoms with Gasteiger partial charge in [-0.2, -0.15) is 0 Å². The highest BCUT2D eigenvalue weighted by Gasteiger charge is 2.43. The normalized spacial score (nSPS) is 33.0. The molecule has 0 aromatic heterocycles. The Morgan fingerprint density at radius 1 is 1.47 bits per heavy atom. The van der Waals surface area contributed by atoms with Crippen molar-refractivity contribution < 1.29 is 14.7 Å². The zero-order valence-electron chi connectivity index (χ0n) is 9.59. The first kappa shape index (κ1) is 13.0. The van der Waals surface area contributed by atoms with Crippen molar-refractivity contribution in [3.05, 3.63) is 0 Å². The van der Waals surface area contributed by atoms with E-state index in [1.165, 1.54) is 0 Å². The first-order valence-corrected chi connectivity index (χ1v) is 7.83. The zero-order chi connectivity index (χ0) is 12.4. The lowest BCUT2D eigenvalue weighted by Crippen LogP contribution is -2.52. The molecule has 0 bridgehead atoms. The number of hydrogen-bond acceptors (Lipinski definition) is 5. The van der Waals surface area contributed by atoms with Crippen LogP contribution in [-0.2, 0) is 9.59 Å². The number of amides is 1. The van der Waals surface area contributed by atoms with Gasteiger partial charge in [-0.1, -0.05) is 6.92 Å². The van der Waals surface area contributed by atoms with Gasteiger partial charge in [-0.3, -0.25) is 10.1 Å². The average Bonchev–Trinajstić information content (AvgIpc) is 2.96. The molecule has 7 heteroatoms. The molecule has 0 saturated carbocycles. The van der Waals surface area contributed by atoms with E-state index < -0.39 is 12.0 Å². The summed E-state index contributed by atoms with van der Waals surface area (Å²) < 4.78 is 0. The van der Waals surface area contributed by atoms with Gasteiger partial charge in [0.05, 0.1) is 11.4 Å². The van der Waals surface area contributed by atoms with E-state index in [4.69, 9.17) is 5.11 Å². The molecule has 2 aliphatic heterocycles. The molecule has 0 aliphatic carbocycles. The molecule has 2 saturated heterocycles. The molecule has 2 fully saturated rings. The van der Waals surface area contributed by atoms with Crippen LogP contribution in [0.5, 0.6) is 0 Å². The van der Waals surface area contributed by atoms with Crippen LogP contribution in [0.4, 0.5) is 0 Å². The van der Waals surface area contributed by atoms with E-state index in [-0.39, 0.29) is 17.3 Å². The minimum Gasteiger partial charge on any atom is -0.480 e. The largest absolute Gasteiger partial charge is 0.480 e. The number of hydrogen-bond donors (Lipinski definition) is 2. The van der Waals surface area contributed by atoms with Gasteiger partial charge < -0.3 is 10.0 Å². The Labute approximate surface area is 109 Å². The summed E-state index contributed by atoms with van der Waals surface area (Å²) in [5, 5.41) is 12.3. The van der Waals surface area contributed by atoms with Crippen molar-refractivity contribution in [3.63, 3.8) is 0 Å². The fraction of sp³-hybridized carbons (Fsp3) is 0.800. The van der Waals surface area contributed by atoms with Gasteiger partial charge in [0.15, 0.2) is 0 Å². The summed E-state index contributed by atoms with van der Waals surface area (Å²) in [5.41, 5.74) is 0. The number of aliphatic carboxylic acids is 1. The summed E-state index contributed by atoms with van der Waals surface area (Å²) >= 11 is 3.24. The number of carboxylic acid groups (broad SMARTS) is 1. The number of thioether (sulfide) groups is 2. The predicted molar refractivity (Wildman–Crippen MR) is 69.1 cm³/mol. The maximum Gasteiger partial charge on any atom is 0.327 e. The number of carboxylic acids is 1. The van der Waals surface area contributed by atoms with E-state index in [2.05, 4.69) is 5.32 Å². The predicted octanol–water partition coefficient (Wildman–Crippen LogP) is 0.414. The summed E-state index contributed by atoms with van der Waals surface area (Å²) in [5.74, 6) is 1.06. The third-order valence-electron chi connectivity index (χ3n) is 3.00. The monoisotopic (exact) mass is 276 g/mol. The molecule has 2 rings (SSSR count). The Balaban J connectivity index is 2.12. The van der Waals surface area contributed by atoms with Crippen molar-refractivity contribution >= 4 is 35.4 Å². The molecular formula is C10H16N2O3S2. The van der Waals surface area contributed by atoms with Gasteiger partial charge in [-0.05, 0) is 6.42 Å². The van der Waals surface area contributed by atoms with Crippen molar-refractivity contribution in [2.45, 2.75) is 30.8 Å². The van der Waals surface area contributed by atoms with Gasteiger partial charge in [0.1, 0.15) is 6.04 Å². The molecule has 2 heterocycles. The van der Waals surface area contributed by atoms with Crippen molar-refractivity contribution in [1.29, 1.82) is 0 Å². The van der Waals surface area contributed by atoms with E-state index in [1.54, 1.807) is 28.4 Å². The Bertz CT molecular complexity index is 321. The fourth-order valence-corrected chi connectivity index (χ4v) is 4.39. The Morgan fingerprint density at radius 2 is 2.24 bits per heavy atom. The van der Waals surface area contributed by atoms with Crippen molar-refractivity contribution in [2.24, 2.45) is 0 Å². The quantitative estimate of drug-likeness (QED) is 0.778. The summed E-state index contributed by atoms with van der Waals surface area (Å²) in [4.78, 5) is 25.0. The molecule has 3 atom stereocenters. The molecule has 0 spiro atoms. The van der Waals surface area contributed by atoms with Crippen molar-refractivity contribution in [3.8, 4) is 0 Å². The standard InChI is InChI=1S/C10H16N2O3S2/c1-2-8-12(7(4-17-8)10(14)15)9(13)6-3-16-5-11-6/h6-8,11H,2-5H2,1H3,(H,14,15). The van der Waals surface area contributed by atoms with E-state index in [9.17, 15) is 9.59 Å². The molecule has 96 valence electrons. The van der Waals surface area contributed by atoms with Crippen molar-refractivity contribution in [1.82, 2.24) is 10.2 Å². The van der Waals surface area contributed by atoms with Crippen LogP contribution in [-0.4, -0.2) is 56.7 Å². The van der Waals surface area contributed by atoms with E-state index in [0.29, 0.717) is 5.75 Å². The van der Waals surface area contributed by atoms with E-state index >= 15 is 0 Å². The van der Waals surface area contributed by atoms with Gasteiger partial charge in [0.2, 0.25) is 5.91 Å². The van der Waals surface area contributed by atoms with Gasteiger partial charge in [0.25, 0.3) is 0 Å². The van der Waals surface area contributed by atoms with E-state index in [1.807, 2.05) is 6.92 Å². The molecule has 17 heavy (non-hydrogen) atoms. The molecule has 3 unspecified atom stereocenters. The van der Waals surface area contributed by atoms with Crippen molar-refractivity contribution in [2.75, 3.05) is 17.4 Å². The maximum absolute atomic E-state index is 12.3. The molecule has 5 nitrogen and oxygen atoms in total. The van der Waals surface area contributed by atoms with Crippen LogP contribution in [0, 0.1) is 0 Å². The summed E-state index contributed by atoms with van der Waals surface area (Å²) in [6.45, 7) is 1.99. The second-order valence-electron chi connectivity index (χ2n) is 4.07. The topological polar surface area (TPSA) is 69.6 Å². The zero-order valence-corrected chi connectivity index (χ0v) is 11.2. The fourth-order valence-electron chi connectivity index (χ4n) is 2.10. The number of carbonyl (C=O) groups is 2. The Kier molecular flexibility index (Phi) is 4.22. The van der Waals surface area contributed by atoms with Gasteiger partial charge in [-0.25, -0.2) is 4.79 Å². The first-order valence-electron chi connectivity index (χ1n) is 5.63. The summed E-state index contributed by atoms with van der Waals surface area (Å²) in [7, 11) is 0. The highest BCUT2D eigenvalue weighted by Crippen LogP contribution is 2.32. The second-order valence-corrected chi connectivity index (χ2v) is 6.31. The van der Waals surface area contributed by atoms with E-state index in [0.717, 1.165) is 18.1 Å². The van der Waals surface area contributed by atoms with Gasteiger partial charge >= 0.3 is 5.97 Å². The third kappa shape index (κ3) is 2.56. The number of rotatable bonds is 3. The number of nitrogens with one attached hydrogen (secondary N) is 1. The summed E-state index contributed by atoms with van der Waals surface area (Å²) in [6, 6.07) is -0.876. The molecule has 0 aromatic rings. The smallest absolute Gasteiger partial charge is 0.327 e. The highest BCUT2D eigenvalue weighted by molar-refractivity contribution is 8.00. The molecule has 0 aromatic carbocycles. The number of nitrogens with zero attached hydrogens (tertiary/aromatic N) is 1. The number of carbonyl (C=O) groups excluding carboxylic acids is 1. The minimum absolute atomic E-state index is 0.0102. The summed E-state index contributed by atoms with van der Waals surface area (Å²) in [6.07, 6.45) is 0.792. The van der Waals surface area contributed by atoms with Gasteiger partial charge in [-0.15, -0.1) is 23.5 Å². The lowest BCUT2D eigenvalue weighted by molar-refractivity contribution is -0.149. The molecule has 1 amide bonds. The highest BCUT2D eigenvalue weighted by atomic mass is 32.2. The molecule has 2 aliphatic rings. The molecule has 0 radical (unpaired) electrons.